The predicted molar refractivity (Wildman–Crippen MR) is 99.8 cm³/mol. The van der Waals surface area contributed by atoms with E-state index in [9.17, 15) is 18.0 Å². The number of fused-ring (bicyclic) bond motifs is 1. The molecule has 1 amide bonds. The molecular formula is C18H15BrF3N3O3. The van der Waals surface area contributed by atoms with Gasteiger partial charge in [-0.15, -0.1) is 0 Å². The van der Waals surface area contributed by atoms with Gasteiger partial charge >= 0.3 is 6.18 Å². The highest BCUT2D eigenvalue weighted by atomic mass is 79.9. The predicted octanol–water partition coefficient (Wildman–Crippen LogP) is 4.07. The minimum absolute atomic E-state index is 0.0843. The Morgan fingerprint density at radius 3 is 2.43 bits per heavy atom. The van der Waals surface area contributed by atoms with Gasteiger partial charge in [0.1, 0.15) is 29.3 Å². The first-order valence-corrected chi connectivity index (χ1v) is 8.76. The summed E-state index contributed by atoms with van der Waals surface area (Å²) in [4.78, 5) is 16.6. The summed E-state index contributed by atoms with van der Waals surface area (Å²) in [6, 6.07) is 6.77. The molecule has 2 heterocycles. The van der Waals surface area contributed by atoms with E-state index < -0.39 is 18.6 Å². The van der Waals surface area contributed by atoms with E-state index >= 15 is 0 Å². The third kappa shape index (κ3) is 4.06. The van der Waals surface area contributed by atoms with Crippen molar-refractivity contribution in [2.75, 3.05) is 20.8 Å². The van der Waals surface area contributed by atoms with Crippen molar-refractivity contribution in [2.45, 2.75) is 6.18 Å². The van der Waals surface area contributed by atoms with Crippen molar-refractivity contribution in [1.29, 1.82) is 0 Å². The maximum Gasteiger partial charge on any atom is 0.405 e. The number of methoxy groups -OCH3 is 2. The van der Waals surface area contributed by atoms with E-state index in [2.05, 4.69) is 20.9 Å². The van der Waals surface area contributed by atoms with E-state index in [1.54, 1.807) is 18.3 Å². The fourth-order valence-corrected chi connectivity index (χ4v) is 3.04. The van der Waals surface area contributed by atoms with Crippen LogP contribution in [-0.4, -0.2) is 42.2 Å². The molecule has 0 fully saturated rings. The zero-order valence-corrected chi connectivity index (χ0v) is 16.4. The molecule has 10 heteroatoms. The van der Waals surface area contributed by atoms with Crippen LogP contribution < -0.4 is 14.8 Å². The van der Waals surface area contributed by atoms with Crippen molar-refractivity contribution < 1.29 is 27.4 Å². The number of halogens is 4. The van der Waals surface area contributed by atoms with Gasteiger partial charge in [-0.1, -0.05) is 15.9 Å². The van der Waals surface area contributed by atoms with Crippen LogP contribution in [0, 0.1) is 0 Å². The minimum Gasteiger partial charge on any atom is -0.496 e. The first kappa shape index (κ1) is 20.0. The number of nitrogens with zero attached hydrogens (tertiary/aromatic N) is 2. The highest BCUT2D eigenvalue weighted by Crippen LogP contribution is 2.35. The Balaban J connectivity index is 2.06. The van der Waals surface area contributed by atoms with Gasteiger partial charge in [-0.2, -0.15) is 13.2 Å². The number of imidazole rings is 1. The molecule has 0 unspecified atom stereocenters. The summed E-state index contributed by atoms with van der Waals surface area (Å²) in [5.74, 6) is -0.776. The molecule has 3 aromatic rings. The SMILES string of the molecule is COc1cc(-c2cnc3cc(Br)ccn23)cc(OC)c1C(=O)NCC(F)(F)F. The zero-order valence-electron chi connectivity index (χ0n) is 14.8. The number of aromatic nitrogens is 2. The molecule has 0 saturated heterocycles. The van der Waals surface area contributed by atoms with Crippen molar-refractivity contribution in [2.24, 2.45) is 0 Å². The maximum absolute atomic E-state index is 12.4. The molecule has 28 heavy (non-hydrogen) atoms. The first-order chi connectivity index (χ1) is 13.2. The summed E-state index contributed by atoms with van der Waals surface area (Å²) in [7, 11) is 2.65. The molecule has 0 aliphatic heterocycles. The van der Waals surface area contributed by atoms with E-state index in [-0.39, 0.29) is 17.1 Å². The highest BCUT2D eigenvalue weighted by molar-refractivity contribution is 9.10. The summed E-state index contributed by atoms with van der Waals surface area (Å²) >= 11 is 3.38. The van der Waals surface area contributed by atoms with Crippen LogP contribution in [0.5, 0.6) is 11.5 Å². The van der Waals surface area contributed by atoms with Crippen LogP contribution in [0.25, 0.3) is 16.9 Å². The number of amides is 1. The maximum atomic E-state index is 12.4. The summed E-state index contributed by atoms with van der Waals surface area (Å²) in [5.41, 5.74) is 1.89. The summed E-state index contributed by atoms with van der Waals surface area (Å²) < 4.78 is 50.5. The number of nitrogens with one attached hydrogen (secondary N) is 1. The average molecular weight is 458 g/mol. The molecule has 0 aliphatic rings. The van der Waals surface area contributed by atoms with Gasteiger partial charge in [-0.25, -0.2) is 4.98 Å². The number of pyridine rings is 1. The number of hydrogen-bond acceptors (Lipinski definition) is 4. The third-order valence-electron chi connectivity index (χ3n) is 3.95. The summed E-state index contributed by atoms with van der Waals surface area (Å²) in [6.07, 6.45) is -1.08. The van der Waals surface area contributed by atoms with Gasteiger partial charge in [0.2, 0.25) is 0 Å². The second-order valence-electron chi connectivity index (χ2n) is 5.77. The molecule has 2 aromatic heterocycles. The largest absolute Gasteiger partial charge is 0.496 e. The van der Waals surface area contributed by atoms with Crippen LogP contribution >= 0.6 is 15.9 Å². The standard InChI is InChI=1S/C18H15BrF3N3O3/c1-27-13-5-10(12-8-23-15-7-11(19)3-4-25(12)15)6-14(28-2)16(13)17(26)24-9-18(20,21)22/h3-8H,9H2,1-2H3,(H,24,26). The van der Waals surface area contributed by atoms with Crippen molar-refractivity contribution >= 4 is 27.5 Å². The smallest absolute Gasteiger partial charge is 0.405 e. The Morgan fingerprint density at radius 2 is 1.86 bits per heavy atom. The molecule has 1 aromatic carbocycles. The third-order valence-corrected chi connectivity index (χ3v) is 4.45. The van der Waals surface area contributed by atoms with Crippen molar-refractivity contribution in [3.05, 3.63) is 46.7 Å². The van der Waals surface area contributed by atoms with Gasteiger partial charge in [-0.05, 0) is 24.3 Å². The second-order valence-corrected chi connectivity index (χ2v) is 6.69. The minimum atomic E-state index is -4.53. The number of benzene rings is 1. The molecule has 1 N–H and O–H groups in total. The van der Waals surface area contributed by atoms with Crippen molar-refractivity contribution in [1.82, 2.24) is 14.7 Å². The van der Waals surface area contributed by atoms with Gasteiger partial charge in [0.25, 0.3) is 5.91 Å². The van der Waals surface area contributed by atoms with Crippen molar-refractivity contribution in [3.8, 4) is 22.8 Å². The van der Waals surface area contributed by atoms with E-state index in [1.165, 1.54) is 14.2 Å². The Hall–Kier alpha value is -2.75. The highest BCUT2D eigenvalue weighted by Gasteiger charge is 2.30. The zero-order chi connectivity index (χ0) is 20.5. The van der Waals surface area contributed by atoms with Gasteiger partial charge < -0.3 is 14.8 Å². The number of carbonyl (C=O) groups excluding carboxylic acids is 1. The number of ether oxygens (including phenoxy) is 2. The van der Waals surface area contributed by atoms with Crippen LogP contribution in [0.3, 0.4) is 0 Å². The lowest BCUT2D eigenvalue weighted by Gasteiger charge is -2.16. The lowest BCUT2D eigenvalue weighted by atomic mass is 10.1. The number of carbonyl (C=O) groups is 1. The number of rotatable bonds is 5. The fourth-order valence-electron chi connectivity index (χ4n) is 2.72. The Bertz CT molecular complexity index is 1010. The second kappa shape index (κ2) is 7.70. The van der Waals surface area contributed by atoms with E-state index in [0.717, 1.165) is 4.47 Å². The Kier molecular flexibility index (Phi) is 5.50. The molecule has 6 nitrogen and oxygen atoms in total. The molecule has 3 rings (SSSR count). The van der Waals surface area contributed by atoms with E-state index in [1.807, 2.05) is 28.0 Å². The molecule has 0 atom stereocenters. The number of alkyl halides is 3. The first-order valence-electron chi connectivity index (χ1n) is 7.97. The van der Waals surface area contributed by atoms with E-state index in [4.69, 9.17) is 9.47 Å². The molecule has 0 saturated carbocycles. The van der Waals surface area contributed by atoms with Crippen molar-refractivity contribution in [3.63, 3.8) is 0 Å². The van der Waals surface area contributed by atoms with Gasteiger partial charge in [0.05, 0.1) is 26.1 Å². The van der Waals surface area contributed by atoms with Crippen LogP contribution in [0.4, 0.5) is 13.2 Å². The summed E-state index contributed by atoms with van der Waals surface area (Å²) in [6.45, 7) is -1.46. The lowest BCUT2D eigenvalue weighted by Crippen LogP contribution is -2.34. The quantitative estimate of drug-likeness (QED) is 0.626. The summed E-state index contributed by atoms with van der Waals surface area (Å²) in [5, 5.41) is 1.83. The number of hydrogen-bond donors (Lipinski definition) is 1. The molecule has 148 valence electrons. The average Bonchev–Trinajstić information content (AvgIpc) is 3.07. The van der Waals surface area contributed by atoms with Gasteiger partial charge in [0, 0.05) is 16.2 Å². The molecule has 0 aliphatic carbocycles. The van der Waals surface area contributed by atoms with E-state index in [0.29, 0.717) is 16.9 Å². The molecular weight excluding hydrogens is 443 g/mol. The van der Waals surface area contributed by atoms with Gasteiger partial charge in [0.15, 0.2) is 0 Å². The molecule has 0 radical (unpaired) electrons. The Labute approximate surface area is 166 Å². The fraction of sp³-hybridized carbons (Fsp3) is 0.222. The Morgan fingerprint density at radius 1 is 1.21 bits per heavy atom. The van der Waals surface area contributed by atoms with Gasteiger partial charge in [-0.3, -0.25) is 9.20 Å². The van der Waals surface area contributed by atoms with Crippen LogP contribution in [0.15, 0.2) is 41.1 Å². The topological polar surface area (TPSA) is 64.9 Å². The van der Waals surface area contributed by atoms with Crippen LogP contribution in [0.1, 0.15) is 10.4 Å². The molecule has 0 bridgehead atoms. The van der Waals surface area contributed by atoms with Crippen LogP contribution in [-0.2, 0) is 0 Å². The normalized spacial score (nSPS) is 11.5. The monoisotopic (exact) mass is 457 g/mol. The lowest BCUT2D eigenvalue weighted by molar-refractivity contribution is -0.123. The van der Waals surface area contributed by atoms with Crippen LogP contribution in [0.2, 0.25) is 0 Å². The molecule has 0 spiro atoms.